The Morgan fingerprint density at radius 1 is 1.71 bits per heavy atom. The molecule has 0 aliphatic carbocycles. The normalized spacial score (nSPS) is 25.6. The van der Waals surface area contributed by atoms with Crippen molar-refractivity contribution in [3.05, 3.63) is 0 Å². The van der Waals surface area contributed by atoms with Crippen molar-refractivity contribution in [1.82, 2.24) is 5.32 Å². The molecule has 1 heterocycles. The molecule has 0 spiro atoms. The average molecular weight is 99.2 g/mol. The van der Waals surface area contributed by atoms with E-state index in [2.05, 4.69) is 10.3 Å². The lowest BCUT2D eigenvalue weighted by Crippen LogP contribution is -2.70. The van der Waals surface area contributed by atoms with Crippen LogP contribution in [0, 0.1) is 0 Å². The van der Waals surface area contributed by atoms with E-state index in [4.69, 9.17) is 0 Å². The van der Waals surface area contributed by atoms with E-state index >= 15 is 0 Å². The first-order chi connectivity index (χ1) is 3.43. The number of rotatable bonds is 0. The molecule has 1 aliphatic rings. The zero-order valence-electron chi connectivity index (χ0n) is 4.62. The zero-order valence-corrected chi connectivity index (χ0v) is 4.62. The Balaban J connectivity index is 2.41. The molecular weight excluding hydrogens is 88.1 g/mol. The summed E-state index contributed by atoms with van der Waals surface area (Å²) >= 11 is 0. The number of hydrogen-bond acceptors (Lipinski definition) is 0. The van der Waals surface area contributed by atoms with E-state index in [-0.39, 0.29) is 0 Å². The number of nitrogens with one attached hydrogen (secondary N) is 2. The molecule has 0 unspecified atom stereocenters. The summed E-state index contributed by atoms with van der Waals surface area (Å²) in [5.41, 5.74) is 0. The van der Waals surface area contributed by atoms with Crippen molar-refractivity contribution < 1.29 is 4.99 Å². The molecule has 2 N–H and O–H groups in total. The molecule has 0 bridgehead atoms. The maximum absolute atomic E-state index is 3.21. The molecule has 1 rings (SSSR count). The lowest BCUT2D eigenvalue weighted by molar-refractivity contribution is -0.423. The van der Waals surface area contributed by atoms with E-state index in [0.717, 1.165) is 6.54 Å². The molecule has 7 heavy (non-hydrogen) atoms. The van der Waals surface area contributed by atoms with Gasteiger partial charge in [-0.05, 0) is 6.42 Å². The summed E-state index contributed by atoms with van der Waals surface area (Å²) in [5.74, 6) is 1.29. The maximum atomic E-state index is 3.21. The topological polar surface area (TPSA) is 26.0 Å². The first-order valence-electron chi connectivity index (χ1n) is 2.71. The van der Waals surface area contributed by atoms with Crippen LogP contribution in [0.4, 0.5) is 0 Å². The van der Waals surface area contributed by atoms with E-state index < -0.39 is 0 Å². The largest absolute Gasteiger partial charge is 0.281 e. The van der Waals surface area contributed by atoms with Crippen molar-refractivity contribution in [2.45, 2.75) is 12.8 Å². The Labute approximate surface area is 43.6 Å². The lowest BCUT2D eigenvalue weighted by atomic mass is 10.4. The van der Waals surface area contributed by atoms with Gasteiger partial charge in [-0.15, -0.1) is 0 Å². The highest BCUT2D eigenvalue weighted by atomic mass is 15.0. The molecule has 1 fully saturated rings. The van der Waals surface area contributed by atoms with Crippen molar-refractivity contribution in [2.24, 2.45) is 0 Å². The zero-order chi connectivity index (χ0) is 5.11. The Morgan fingerprint density at radius 3 is 2.86 bits per heavy atom. The van der Waals surface area contributed by atoms with Crippen LogP contribution < -0.4 is 10.3 Å². The van der Waals surface area contributed by atoms with Gasteiger partial charge in [-0.1, -0.05) is 0 Å². The molecular formula is C5H11N2+. The fourth-order valence-electron chi connectivity index (χ4n) is 0.806. The summed E-state index contributed by atoms with van der Waals surface area (Å²) in [5, 5.41) is 3.21. The third-order valence-corrected chi connectivity index (χ3v) is 1.24. The van der Waals surface area contributed by atoms with E-state index in [9.17, 15) is 0 Å². The third-order valence-electron chi connectivity index (χ3n) is 1.24. The Kier molecular flexibility index (Phi) is 1.29. The van der Waals surface area contributed by atoms with Gasteiger partial charge < -0.3 is 0 Å². The standard InChI is InChI=1S/C5H10N2/c1-6-5-3-2-4-7-5/h2-4H2,1H3,(H,6,7)/p+1. The van der Waals surface area contributed by atoms with Crippen LogP contribution in [0.1, 0.15) is 12.8 Å². The molecule has 0 aromatic heterocycles. The van der Waals surface area contributed by atoms with Crippen LogP contribution in [0.15, 0.2) is 0 Å². The van der Waals surface area contributed by atoms with Gasteiger partial charge in [0.05, 0.1) is 20.0 Å². The van der Waals surface area contributed by atoms with Crippen LogP contribution in [-0.2, 0) is 0 Å². The maximum Gasteiger partial charge on any atom is 0.242 e. The van der Waals surface area contributed by atoms with Crippen molar-refractivity contribution >= 4 is 5.84 Å². The molecule has 40 valence electrons. The van der Waals surface area contributed by atoms with E-state index in [1.54, 1.807) is 0 Å². The van der Waals surface area contributed by atoms with E-state index in [1.807, 2.05) is 7.05 Å². The Bertz CT molecular complexity index is 78.1. The summed E-state index contributed by atoms with van der Waals surface area (Å²) in [6, 6.07) is 0. The van der Waals surface area contributed by atoms with Gasteiger partial charge in [-0.2, -0.15) is 0 Å². The predicted octanol–water partition coefficient (Wildman–Crippen LogP) is -1.52. The highest BCUT2D eigenvalue weighted by Crippen LogP contribution is 1.91. The quantitative estimate of drug-likeness (QED) is 0.379. The van der Waals surface area contributed by atoms with Crippen LogP contribution in [0.3, 0.4) is 0 Å². The summed E-state index contributed by atoms with van der Waals surface area (Å²) in [6.45, 7) is 1.15. The van der Waals surface area contributed by atoms with Gasteiger partial charge >= 0.3 is 0 Å². The minimum Gasteiger partial charge on any atom is -0.281 e. The van der Waals surface area contributed by atoms with Gasteiger partial charge in [0, 0.05) is 0 Å². The summed E-state index contributed by atoms with van der Waals surface area (Å²) in [4.78, 5) is 3.07. The third kappa shape index (κ3) is 0.918. The van der Waals surface area contributed by atoms with Gasteiger partial charge in [-0.3, -0.25) is 10.3 Å². The van der Waals surface area contributed by atoms with Crippen LogP contribution in [0.25, 0.3) is 0 Å². The fraction of sp³-hybridized carbons (Fsp3) is 0.800. The minimum absolute atomic E-state index is 1.15. The van der Waals surface area contributed by atoms with E-state index in [0.29, 0.717) is 0 Å². The lowest BCUT2D eigenvalue weighted by Gasteiger charge is -1.80. The van der Waals surface area contributed by atoms with E-state index in [1.165, 1.54) is 18.7 Å². The highest BCUT2D eigenvalue weighted by Gasteiger charge is 2.10. The fourth-order valence-corrected chi connectivity index (χ4v) is 0.806. The monoisotopic (exact) mass is 99.1 g/mol. The van der Waals surface area contributed by atoms with Crippen molar-refractivity contribution in [2.75, 3.05) is 13.6 Å². The van der Waals surface area contributed by atoms with Crippen LogP contribution in [0.2, 0.25) is 0 Å². The van der Waals surface area contributed by atoms with Crippen molar-refractivity contribution in [3.8, 4) is 0 Å². The SMILES string of the molecule is C[NH+]=C1CCCN1. The second-order valence-electron chi connectivity index (χ2n) is 1.76. The van der Waals surface area contributed by atoms with Crippen LogP contribution in [0.5, 0.6) is 0 Å². The van der Waals surface area contributed by atoms with Gasteiger partial charge in [0.25, 0.3) is 0 Å². The van der Waals surface area contributed by atoms with Crippen molar-refractivity contribution in [3.63, 3.8) is 0 Å². The smallest absolute Gasteiger partial charge is 0.242 e. The summed E-state index contributed by atoms with van der Waals surface area (Å²) < 4.78 is 0. The second-order valence-corrected chi connectivity index (χ2v) is 1.76. The molecule has 1 saturated heterocycles. The molecule has 0 aromatic rings. The van der Waals surface area contributed by atoms with Gasteiger partial charge in [-0.25, -0.2) is 0 Å². The van der Waals surface area contributed by atoms with Gasteiger partial charge in [0.1, 0.15) is 0 Å². The highest BCUT2D eigenvalue weighted by molar-refractivity contribution is 5.78. The van der Waals surface area contributed by atoms with Gasteiger partial charge in [0.15, 0.2) is 0 Å². The van der Waals surface area contributed by atoms with Crippen LogP contribution in [-0.4, -0.2) is 19.4 Å². The number of amidine groups is 1. The van der Waals surface area contributed by atoms with Gasteiger partial charge in [0.2, 0.25) is 5.84 Å². The molecule has 1 aliphatic heterocycles. The molecule has 2 heteroatoms. The molecule has 0 saturated carbocycles. The Hall–Kier alpha value is -0.530. The molecule has 2 nitrogen and oxygen atoms in total. The number of hydrogen-bond donors (Lipinski definition) is 2. The molecule has 0 radical (unpaired) electrons. The van der Waals surface area contributed by atoms with Crippen LogP contribution >= 0.6 is 0 Å². The molecule has 0 amide bonds. The second kappa shape index (κ2) is 1.96. The first kappa shape index (κ1) is 4.62. The molecule has 0 atom stereocenters. The Morgan fingerprint density at radius 2 is 2.57 bits per heavy atom. The summed E-state index contributed by atoms with van der Waals surface area (Å²) in [7, 11) is 1.95. The summed E-state index contributed by atoms with van der Waals surface area (Å²) in [6.07, 6.45) is 2.49. The average Bonchev–Trinajstić information content (AvgIpc) is 2.14. The van der Waals surface area contributed by atoms with Crippen molar-refractivity contribution in [1.29, 1.82) is 0 Å². The molecule has 0 aromatic carbocycles. The minimum atomic E-state index is 1.15. The first-order valence-corrected chi connectivity index (χ1v) is 2.71. The predicted molar refractivity (Wildman–Crippen MR) is 29.1 cm³/mol.